The van der Waals surface area contributed by atoms with Crippen LogP contribution in [0.1, 0.15) is 29.6 Å². The molecule has 114 valence electrons. The van der Waals surface area contributed by atoms with E-state index in [1.165, 1.54) is 0 Å². The van der Waals surface area contributed by atoms with Gasteiger partial charge >= 0.3 is 5.97 Å². The zero-order valence-electron chi connectivity index (χ0n) is 11.5. The van der Waals surface area contributed by atoms with Crippen LogP contribution < -0.4 is 0 Å². The highest BCUT2D eigenvalue weighted by Crippen LogP contribution is 2.40. The van der Waals surface area contributed by atoms with Crippen molar-refractivity contribution in [2.45, 2.75) is 35.0 Å². The van der Waals surface area contributed by atoms with Gasteiger partial charge in [-0.1, -0.05) is 11.6 Å². The summed E-state index contributed by atoms with van der Waals surface area (Å²) in [5, 5.41) is 9.83. The van der Waals surface area contributed by atoms with Crippen molar-refractivity contribution in [1.82, 2.24) is 0 Å². The standard InChI is InChI=1S/C15H17ClO4S/c16-13-2-1-10(7-12(13)14(17)18)21-11-3-5-20-15(8-11)4-6-19-9-15/h1-2,7,11H,3-6,8-9H2,(H,17,18). The molecule has 4 nitrogen and oxygen atoms in total. The van der Waals surface area contributed by atoms with Crippen LogP contribution in [-0.4, -0.2) is 41.7 Å². The van der Waals surface area contributed by atoms with Crippen LogP contribution in [0, 0.1) is 0 Å². The van der Waals surface area contributed by atoms with Crippen molar-refractivity contribution in [3.63, 3.8) is 0 Å². The van der Waals surface area contributed by atoms with E-state index in [1.807, 2.05) is 6.07 Å². The SMILES string of the molecule is O=C(O)c1cc(SC2CCOC3(CCOC3)C2)ccc1Cl. The molecule has 2 heterocycles. The molecule has 0 bridgehead atoms. The van der Waals surface area contributed by atoms with E-state index in [0.717, 1.165) is 37.4 Å². The van der Waals surface area contributed by atoms with E-state index in [0.29, 0.717) is 11.9 Å². The monoisotopic (exact) mass is 328 g/mol. The van der Waals surface area contributed by atoms with Crippen molar-refractivity contribution in [1.29, 1.82) is 0 Å². The van der Waals surface area contributed by atoms with Gasteiger partial charge in [-0.2, -0.15) is 0 Å². The third kappa shape index (κ3) is 3.37. The highest BCUT2D eigenvalue weighted by atomic mass is 35.5. The second-order valence-corrected chi connectivity index (χ2v) is 7.29. The van der Waals surface area contributed by atoms with E-state index >= 15 is 0 Å². The van der Waals surface area contributed by atoms with Gasteiger partial charge in [0.1, 0.15) is 0 Å². The summed E-state index contributed by atoms with van der Waals surface area (Å²) in [6, 6.07) is 5.19. The average Bonchev–Trinajstić information content (AvgIpc) is 2.88. The Kier molecular flexibility index (Phi) is 4.45. The highest BCUT2D eigenvalue weighted by Gasteiger charge is 2.41. The number of ether oxygens (including phenoxy) is 2. The van der Waals surface area contributed by atoms with Crippen molar-refractivity contribution < 1.29 is 19.4 Å². The van der Waals surface area contributed by atoms with Crippen LogP contribution in [0.3, 0.4) is 0 Å². The number of hydrogen-bond donors (Lipinski definition) is 1. The minimum Gasteiger partial charge on any atom is -0.478 e. The number of rotatable bonds is 3. The zero-order valence-corrected chi connectivity index (χ0v) is 13.1. The lowest BCUT2D eigenvalue weighted by atomic mass is 9.93. The molecule has 1 N–H and O–H groups in total. The number of benzene rings is 1. The van der Waals surface area contributed by atoms with E-state index < -0.39 is 5.97 Å². The maximum Gasteiger partial charge on any atom is 0.337 e. The quantitative estimate of drug-likeness (QED) is 0.920. The van der Waals surface area contributed by atoms with Crippen LogP contribution >= 0.6 is 23.4 Å². The highest BCUT2D eigenvalue weighted by molar-refractivity contribution is 8.00. The smallest absolute Gasteiger partial charge is 0.337 e. The first kappa shape index (κ1) is 15.2. The van der Waals surface area contributed by atoms with Crippen LogP contribution in [0.5, 0.6) is 0 Å². The van der Waals surface area contributed by atoms with Gasteiger partial charge in [0.15, 0.2) is 0 Å². The third-order valence-electron chi connectivity index (χ3n) is 3.99. The Balaban J connectivity index is 1.71. The Hall–Kier alpha value is -0.750. The fraction of sp³-hybridized carbons (Fsp3) is 0.533. The summed E-state index contributed by atoms with van der Waals surface area (Å²) < 4.78 is 11.4. The molecule has 0 radical (unpaired) electrons. The zero-order chi connectivity index (χ0) is 14.9. The summed E-state index contributed by atoms with van der Waals surface area (Å²) in [4.78, 5) is 12.1. The molecule has 1 spiro atoms. The number of halogens is 1. The molecule has 3 rings (SSSR count). The molecule has 2 aliphatic rings. The lowest BCUT2D eigenvalue weighted by molar-refractivity contribution is -0.0769. The predicted octanol–water partition coefficient (Wildman–Crippen LogP) is 3.47. The number of carboxylic acids is 1. The van der Waals surface area contributed by atoms with Crippen molar-refractivity contribution >= 4 is 29.3 Å². The second kappa shape index (κ2) is 6.16. The number of thioether (sulfide) groups is 1. The van der Waals surface area contributed by atoms with Crippen LogP contribution in [-0.2, 0) is 9.47 Å². The molecule has 0 aromatic heterocycles. The van der Waals surface area contributed by atoms with Gasteiger partial charge in [0.2, 0.25) is 0 Å². The first-order valence-electron chi connectivity index (χ1n) is 6.99. The van der Waals surface area contributed by atoms with Crippen molar-refractivity contribution in [2.24, 2.45) is 0 Å². The van der Waals surface area contributed by atoms with E-state index in [9.17, 15) is 4.79 Å². The van der Waals surface area contributed by atoms with E-state index in [2.05, 4.69) is 0 Å². The van der Waals surface area contributed by atoms with Crippen LogP contribution in [0.15, 0.2) is 23.1 Å². The van der Waals surface area contributed by atoms with Gasteiger partial charge in [-0.05, 0) is 31.0 Å². The molecule has 21 heavy (non-hydrogen) atoms. The maximum absolute atomic E-state index is 11.1. The molecule has 2 atom stereocenters. The van der Waals surface area contributed by atoms with Gasteiger partial charge < -0.3 is 14.6 Å². The predicted molar refractivity (Wildman–Crippen MR) is 81.4 cm³/mol. The Bertz CT molecular complexity index is 542. The largest absolute Gasteiger partial charge is 0.478 e. The van der Waals surface area contributed by atoms with Crippen LogP contribution in [0.25, 0.3) is 0 Å². The summed E-state index contributed by atoms with van der Waals surface area (Å²) in [6.07, 6.45) is 2.87. The van der Waals surface area contributed by atoms with Gasteiger partial charge in [0.05, 0.1) is 22.8 Å². The molecule has 2 saturated heterocycles. The topological polar surface area (TPSA) is 55.8 Å². The molecule has 6 heteroatoms. The van der Waals surface area contributed by atoms with E-state index in [1.54, 1.807) is 23.9 Å². The van der Waals surface area contributed by atoms with Crippen LogP contribution in [0.4, 0.5) is 0 Å². The summed E-state index contributed by atoms with van der Waals surface area (Å²) in [6.45, 7) is 2.17. The number of aromatic carboxylic acids is 1. The first-order chi connectivity index (χ1) is 10.1. The van der Waals surface area contributed by atoms with Crippen molar-refractivity contribution in [3.8, 4) is 0 Å². The summed E-state index contributed by atoms with van der Waals surface area (Å²) in [5.74, 6) is -0.991. The fourth-order valence-electron chi connectivity index (χ4n) is 2.88. The minimum atomic E-state index is -0.991. The second-order valence-electron chi connectivity index (χ2n) is 5.51. The van der Waals surface area contributed by atoms with Gasteiger partial charge in [-0.25, -0.2) is 4.79 Å². The Morgan fingerprint density at radius 2 is 2.29 bits per heavy atom. The Morgan fingerprint density at radius 1 is 1.43 bits per heavy atom. The molecule has 0 aliphatic carbocycles. The number of hydrogen-bond acceptors (Lipinski definition) is 4. The van der Waals surface area contributed by atoms with Crippen molar-refractivity contribution in [2.75, 3.05) is 19.8 Å². The first-order valence-corrected chi connectivity index (χ1v) is 8.25. The molecule has 2 fully saturated rings. The Morgan fingerprint density at radius 3 is 3.00 bits per heavy atom. The lowest BCUT2D eigenvalue weighted by Crippen LogP contribution is -2.41. The summed E-state index contributed by atoms with van der Waals surface area (Å²) in [7, 11) is 0. The fourth-order valence-corrected chi connectivity index (χ4v) is 4.40. The maximum atomic E-state index is 11.1. The molecule has 2 unspecified atom stereocenters. The van der Waals surface area contributed by atoms with Crippen LogP contribution in [0.2, 0.25) is 5.02 Å². The van der Waals surface area contributed by atoms with Crippen molar-refractivity contribution in [3.05, 3.63) is 28.8 Å². The molecule has 0 amide bonds. The summed E-state index contributed by atoms with van der Waals surface area (Å²) in [5.41, 5.74) is 0.0328. The molecule has 2 aliphatic heterocycles. The minimum absolute atomic E-state index is 0.127. The lowest BCUT2D eigenvalue weighted by Gasteiger charge is -2.36. The molecule has 1 aromatic carbocycles. The van der Waals surface area contributed by atoms with E-state index in [-0.39, 0.29) is 16.2 Å². The molecule has 0 saturated carbocycles. The van der Waals surface area contributed by atoms with E-state index in [4.69, 9.17) is 26.2 Å². The van der Waals surface area contributed by atoms with Gasteiger partial charge in [0, 0.05) is 29.8 Å². The number of carboxylic acid groups (broad SMARTS) is 1. The molecular weight excluding hydrogens is 312 g/mol. The van der Waals surface area contributed by atoms with Gasteiger partial charge in [0.25, 0.3) is 0 Å². The molecular formula is C15H17ClO4S. The normalized spacial score (nSPS) is 28.9. The van der Waals surface area contributed by atoms with Gasteiger partial charge in [-0.3, -0.25) is 0 Å². The Labute approximate surface area is 132 Å². The average molecular weight is 329 g/mol. The van der Waals surface area contributed by atoms with Gasteiger partial charge in [-0.15, -0.1) is 11.8 Å². The summed E-state index contributed by atoms with van der Waals surface area (Å²) >= 11 is 7.61. The molecule has 1 aromatic rings. The third-order valence-corrected chi connectivity index (χ3v) is 5.58. The number of carbonyl (C=O) groups is 1.